The van der Waals surface area contributed by atoms with Crippen LogP contribution in [-0.2, 0) is 6.54 Å². The van der Waals surface area contributed by atoms with Crippen LogP contribution in [0.3, 0.4) is 0 Å². The average molecular weight is 488 g/mol. The van der Waals surface area contributed by atoms with E-state index >= 15 is 0 Å². The van der Waals surface area contributed by atoms with Gasteiger partial charge in [-0.25, -0.2) is 4.39 Å². The van der Waals surface area contributed by atoms with Gasteiger partial charge in [0.1, 0.15) is 11.7 Å². The van der Waals surface area contributed by atoms with Gasteiger partial charge in [-0.3, -0.25) is 10.2 Å². The minimum Gasteiger partial charge on any atom is -0.367 e. The predicted molar refractivity (Wildman–Crippen MR) is 129 cm³/mol. The number of allylic oxidation sites excluding steroid dienone is 1. The van der Waals surface area contributed by atoms with Gasteiger partial charge >= 0.3 is 0 Å². The van der Waals surface area contributed by atoms with Crippen molar-refractivity contribution < 1.29 is 9.18 Å². The quantitative estimate of drug-likeness (QED) is 0.422. The summed E-state index contributed by atoms with van der Waals surface area (Å²) in [7, 11) is 0. The fraction of sp³-hybridized carbons (Fsp3) is 0.292. The Morgan fingerprint density at radius 1 is 1.06 bits per heavy atom. The number of carbonyl (C=O) groups is 1. The number of amidine groups is 1. The average Bonchev–Trinajstić information content (AvgIpc) is 3.36. The number of amides is 1. The van der Waals surface area contributed by atoms with Gasteiger partial charge in [0.25, 0.3) is 5.91 Å². The predicted octanol–water partition coefficient (Wildman–Crippen LogP) is 4.70. The van der Waals surface area contributed by atoms with E-state index in [1.807, 2.05) is 9.80 Å². The van der Waals surface area contributed by atoms with E-state index < -0.39 is 5.82 Å². The van der Waals surface area contributed by atoms with Gasteiger partial charge in [-0.15, -0.1) is 0 Å². The molecule has 2 saturated heterocycles. The van der Waals surface area contributed by atoms with Crippen LogP contribution >= 0.6 is 23.2 Å². The third-order valence-corrected chi connectivity index (χ3v) is 6.65. The van der Waals surface area contributed by atoms with Crippen LogP contribution in [0, 0.1) is 16.6 Å². The van der Waals surface area contributed by atoms with E-state index in [9.17, 15) is 9.18 Å². The number of piperazine rings is 1. The van der Waals surface area contributed by atoms with Crippen molar-refractivity contribution in [2.45, 2.75) is 19.4 Å². The van der Waals surface area contributed by atoms with E-state index in [1.54, 1.807) is 30.3 Å². The lowest BCUT2D eigenvalue weighted by Gasteiger charge is -2.33. The Morgan fingerprint density at radius 3 is 2.42 bits per heavy atom. The molecule has 33 heavy (non-hydrogen) atoms. The molecular formula is C24H24Cl2FN5O. The molecule has 4 rings (SSSR count). The second-order valence-corrected chi connectivity index (χ2v) is 8.85. The van der Waals surface area contributed by atoms with Crippen molar-refractivity contribution in [2.24, 2.45) is 0 Å². The molecule has 0 aromatic heterocycles. The summed E-state index contributed by atoms with van der Waals surface area (Å²) in [6.45, 7) is 2.84. The highest BCUT2D eigenvalue weighted by atomic mass is 35.5. The fourth-order valence-electron chi connectivity index (χ4n) is 4.03. The molecule has 3 N–H and O–H groups in total. The van der Waals surface area contributed by atoms with Gasteiger partial charge in [0.2, 0.25) is 0 Å². The summed E-state index contributed by atoms with van der Waals surface area (Å²) in [6, 6.07) is 9.64. The summed E-state index contributed by atoms with van der Waals surface area (Å²) in [5.41, 5.74) is 2.35. The Bertz CT molecular complexity index is 1130. The molecule has 2 fully saturated rings. The number of likely N-dealkylation sites (tertiary alicyclic amines) is 1. The number of hydrogen-bond acceptors (Lipinski definition) is 4. The second-order valence-electron chi connectivity index (χ2n) is 8.06. The minimum absolute atomic E-state index is 0.0113. The van der Waals surface area contributed by atoms with Crippen LogP contribution in [0.4, 0.5) is 4.39 Å². The van der Waals surface area contributed by atoms with E-state index in [0.717, 1.165) is 25.9 Å². The van der Waals surface area contributed by atoms with Crippen molar-refractivity contribution in [3.63, 3.8) is 0 Å². The Hall–Kier alpha value is -2.90. The van der Waals surface area contributed by atoms with Gasteiger partial charge in [-0.2, -0.15) is 0 Å². The first-order chi connectivity index (χ1) is 15.8. The SMILES string of the molecule is N=C1NCCN(Cc2c(Cl)ccc(F)c2Cl)/C1=C/C(=N)c1ccc(C(=O)N2CCCC2)cc1. The highest BCUT2D eigenvalue weighted by molar-refractivity contribution is 6.36. The number of nitrogens with zero attached hydrogens (tertiary/aromatic N) is 2. The van der Waals surface area contributed by atoms with E-state index in [2.05, 4.69) is 5.32 Å². The summed E-state index contributed by atoms with van der Waals surface area (Å²) in [5, 5.41) is 20.2. The van der Waals surface area contributed by atoms with E-state index in [0.29, 0.717) is 40.5 Å². The number of rotatable bonds is 5. The molecule has 2 aliphatic rings. The molecule has 0 bridgehead atoms. The summed E-state index contributed by atoms with van der Waals surface area (Å²) < 4.78 is 14.0. The van der Waals surface area contributed by atoms with Gasteiger partial charge in [-0.05, 0) is 48.7 Å². The molecule has 0 saturated carbocycles. The topological polar surface area (TPSA) is 83.3 Å². The Labute approximate surface area is 202 Å². The molecule has 0 radical (unpaired) electrons. The summed E-state index contributed by atoms with van der Waals surface area (Å²) in [5.74, 6) is -0.379. The van der Waals surface area contributed by atoms with E-state index in [4.69, 9.17) is 34.0 Å². The molecule has 0 unspecified atom stereocenters. The Morgan fingerprint density at radius 2 is 1.73 bits per heavy atom. The van der Waals surface area contributed by atoms with Crippen LogP contribution in [0.15, 0.2) is 48.2 Å². The first kappa shape index (κ1) is 23.3. The standard InChI is InChI=1S/C24H24Cl2FN5O/c25-18-7-8-19(27)22(26)17(18)14-32-12-9-30-23(29)21(32)13-20(28)15-3-5-16(6-4-15)24(33)31-10-1-2-11-31/h3-8,13,28H,1-2,9-12,14H2,(H2,29,30)/b21-13+,28-20?. The lowest BCUT2D eigenvalue weighted by atomic mass is 10.0. The highest BCUT2D eigenvalue weighted by Crippen LogP contribution is 2.30. The zero-order valence-electron chi connectivity index (χ0n) is 17.9. The second kappa shape index (κ2) is 9.93. The number of halogens is 3. The normalized spacial score (nSPS) is 17.4. The molecule has 2 aliphatic heterocycles. The van der Waals surface area contributed by atoms with Crippen molar-refractivity contribution in [2.75, 3.05) is 26.2 Å². The molecule has 2 aromatic carbocycles. The smallest absolute Gasteiger partial charge is 0.253 e. The van der Waals surface area contributed by atoms with Crippen molar-refractivity contribution >= 4 is 40.7 Å². The first-order valence-corrected chi connectivity index (χ1v) is 11.5. The van der Waals surface area contributed by atoms with E-state index in [1.165, 1.54) is 12.1 Å². The van der Waals surface area contributed by atoms with E-state index in [-0.39, 0.29) is 29.0 Å². The van der Waals surface area contributed by atoms with Crippen molar-refractivity contribution in [1.82, 2.24) is 15.1 Å². The number of nitrogens with one attached hydrogen (secondary N) is 3. The molecule has 172 valence electrons. The molecule has 0 atom stereocenters. The van der Waals surface area contributed by atoms with Gasteiger partial charge in [-0.1, -0.05) is 35.3 Å². The molecular weight excluding hydrogens is 464 g/mol. The van der Waals surface area contributed by atoms with Crippen molar-refractivity contribution in [3.8, 4) is 0 Å². The summed E-state index contributed by atoms with van der Waals surface area (Å²) >= 11 is 12.4. The molecule has 9 heteroatoms. The van der Waals surface area contributed by atoms with Gasteiger partial charge in [0.15, 0.2) is 0 Å². The molecule has 1 amide bonds. The lowest BCUT2D eigenvalue weighted by molar-refractivity contribution is 0.0793. The monoisotopic (exact) mass is 487 g/mol. The van der Waals surface area contributed by atoms with Crippen LogP contribution in [0.25, 0.3) is 0 Å². The maximum absolute atomic E-state index is 14.0. The molecule has 2 aromatic rings. The van der Waals surface area contributed by atoms with Crippen LogP contribution in [-0.4, -0.2) is 53.4 Å². The first-order valence-electron chi connectivity index (χ1n) is 10.7. The molecule has 0 spiro atoms. The van der Waals surface area contributed by atoms with Crippen molar-refractivity contribution in [3.05, 3.63) is 80.7 Å². The third-order valence-electron chi connectivity index (χ3n) is 5.89. The number of hydrogen-bond donors (Lipinski definition) is 3. The van der Waals surface area contributed by atoms with Crippen molar-refractivity contribution in [1.29, 1.82) is 10.8 Å². The maximum Gasteiger partial charge on any atom is 0.253 e. The maximum atomic E-state index is 14.0. The number of carbonyl (C=O) groups excluding carboxylic acids is 1. The zero-order valence-corrected chi connectivity index (χ0v) is 19.4. The number of benzene rings is 2. The summed E-state index contributed by atoms with van der Waals surface area (Å²) in [4.78, 5) is 16.2. The van der Waals surface area contributed by atoms with Gasteiger partial charge in [0, 0.05) is 48.9 Å². The molecule has 2 heterocycles. The Balaban J connectivity index is 1.55. The summed E-state index contributed by atoms with van der Waals surface area (Å²) in [6.07, 6.45) is 3.65. The Kier molecular flexibility index (Phi) is 7.00. The third kappa shape index (κ3) is 5.04. The van der Waals surface area contributed by atoms with Crippen LogP contribution in [0.2, 0.25) is 10.0 Å². The lowest BCUT2D eigenvalue weighted by Crippen LogP contribution is -2.45. The fourth-order valence-corrected chi connectivity index (χ4v) is 4.52. The van der Waals surface area contributed by atoms with Gasteiger partial charge < -0.3 is 20.5 Å². The zero-order chi connectivity index (χ0) is 23.5. The van der Waals surface area contributed by atoms with Crippen LogP contribution < -0.4 is 5.32 Å². The highest BCUT2D eigenvalue weighted by Gasteiger charge is 2.23. The van der Waals surface area contributed by atoms with Crippen LogP contribution in [0.1, 0.15) is 34.3 Å². The van der Waals surface area contributed by atoms with Gasteiger partial charge in [0.05, 0.1) is 16.4 Å². The minimum atomic E-state index is -0.553. The largest absolute Gasteiger partial charge is 0.367 e. The molecule has 6 nitrogen and oxygen atoms in total. The molecule has 0 aliphatic carbocycles. The van der Waals surface area contributed by atoms with Crippen LogP contribution in [0.5, 0.6) is 0 Å².